The molecule has 0 atom stereocenters. The van der Waals surface area contributed by atoms with Gasteiger partial charge in [0.15, 0.2) is 0 Å². The third-order valence-electron chi connectivity index (χ3n) is 5.25. The molecular weight excluding hydrogens is 548 g/mol. The van der Waals surface area contributed by atoms with E-state index in [-0.39, 0.29) is 21.9 Å². The van der Waals surface area contributed by atoms with Gasteiger partial charge in [-0.1, -0.05) is 23.7 Å². The van der Waals surface area contributed by atoms with E-state index in [1.807, 2.05) is 0 Å². The topological polar surface area (TPSA) is 94.1 Å². The highest BCUT2D eigenvalue weighted by Gasteiger charge is 2.30. The molecule has 14 heteroatoms. The lowest BCUT2D eigenvalue weighted by Gasteiger charge is -2.19. The van der Waals surface area contributed by atoms with Gasteiger partial charge >= 0.3 is 6.18 Å². The van der Waals surface area contributed by atoms with Crippen molar-refractivity contribution in [3.8, 4) is 21.8 Å². The summed E-state index contributed by atoms with van der Waals surface area (Å²) in [4.78, 5) is 13.7. The highest BCUT2D eigenvalue weighted by Crippen LogP contribution is 2.44. The number of thiazole rings is 1. The Morgan fingerprint density at radius 3 is 2.57 bits per heavy atom. The fraction of sp³-hybridized carbons (Fsp3) is 0.381. The largest absolute Gasteiger partial charge is 0.390 e. The zero-order valence-corrected chi connectivity index (χ0v) is 21.1. The summed E-state index contributed by atoms with van der Waals surface area (Å²) in [6.07, 6.45) is -2.98. The minimum atomic E-state index is -4.60. The second-order valence-corrected chi connectivity index (χ2v) is 11.4. The molecule has 1 fully saturated rings. The third-order valence-corrected chi connectivity index (χ3v) is 8.35. The van der Waals surface area contributed by atoms with Gasteiger partial charge in [-0.3, -0.25) is 4.72 Å². The summed E-state index contributed by atoms with van der Waals surface area (Å²) in [6, 6.07) is 6.26. The van der Waals surface area contributed by atoms with Gasteiger partial charge in [-0.05, 0) is 36.6 Å². The standard InChI is InChI=1S/C21H19Cl2F3N4O3S2/c22-16-13(2-1-3-14(16)30-35(31,32)11-7-21(24,25)26)17-18(15-4-8-27-20(23)28-15)34-19(29-17)12-5-9-33-10-6-12/h1-4,8,12,30H,5-7,9-11H2. The van der Waals surface area contributed by atoms with E-state index in [2.05, 4.69) is 14.7 Å². The Balaban J connectivity index is 1.74. The smallest absolute Gasteiger partial charge is 0.381 e. The molecule has 1 saturated heterocycles. The number of anilines is 1. The number of nitrogens with zero attached hydrogens (tertiary/aromatic N) is 3. The lowest BCUT2D eigenvalue weighted by Crippen LogP contribution is -2.22. The van der Waals surface area contributed by atoms with Gasteiger partial charge in [0.05, 0.1) is 44.2 Å². The van der Waals surface area contributed by atoms with Crippen molar-refractivity contribution in [1.82, 2.24) is 15.0 Å². The Morgan fingerprint density at radius 2 is 1.89 bits per heavy atom. The van der Waals surface area contributed by atoms with E-state index in [1.54, 1.807) is 18.2 Å². The van der Waals surface area contributed by atoms with Crippen molar-refractivity contribution in [2.75, 3.05) is 23.7 Å². The minimum Gasteiger partial charge on any atom is -0.381 e. The van der Waals surface area contributed by atoms with Gasteiger partial charge in [-0.2, -0.15) is 13.2 Å². The van der Waals surface area contributed by atoms with Crippen LogP contribution >= 0.6 is 34.5 Å². The fourth-order valence-electron chi connectivity index (χ4n) is 3.54. The highest BCUT2D eigenvalue weighted by atomic mass is 35.5. The maximum absolute atomic E-state index is 12.5. The summed E-state index contributed by atoms with van der Waals surface area (Å²) >= 11 is 14.0. The number of aromatic nitrogens is 3. The molecule has 7 nitrogen and oxygen atoms in total. The number of rotatable bonds is 7. The molecule has 0 unspecified atom stereocenters. The van der Waals surface area contributed by atoms with Crippen molar-refractivity contribution in [3.05, 3.63) is 45.8 Å². The van der Waals surface area contributed by atoms with E-state index < -0.39 is 28.4 Å². The zero-order chi connectivity index (χ0) is 25.2. The van der Waals surface area contributed by atoms with Crippen LogP contribution < -0.4 is 4.72 Å². The number of sulfonamides is 1. The van der Waals surface area contributed by atoms with Crippen molar-refractivity contribution in [2.45, 2.75) is 31.4 Å². The number of benzene rings is 1. The maximum Gasteiger partial charge on any atom is 0.390 e. The van der Waals surface area contributed by atoms with Crippen molar-refractivity contribution < 1.29 is 26.3 Å². The predicted molar refractivity (Wildman–Crippen MR) is 129 cm³/mol. The summed E-state index contributed by atoms with van der Waals surface area (Å²) < 4.78 is 69.7. The van der Waals surface area contributed by atoms with Gasteiger partial charge in [-0.15, -0.1) is 11.3 Å². The molecule has 1 aliphatic heterocycles. The van der Waals surface area contributed by atoms with E-state index in [0.29, 0.717) is 35.0 Å². The number of ether oxygens (including phenoxy) is 1. The SMILES string of the molecule is O=S(=O)(CCC(F)(F)F)Nc1cccc(-c2nc(C3CCOCC3)sc2-c2ccnc(Cl)n2)c1Cl. The highest BCUT2D eigenvalue weighted by molar-refractivity contribution is 7.92. The van der Waals surface area contributed by atoms with E-state index in [0.717, 1.165) is 17.8 Å². The first-order chi connectivity index (χ1) is 16.5. The van der Waals surface area contributed by atoms with E-state index in [4.69, 9.17) is 32.9 Å². The predicted octanol–water partition coefficient (Wildman–Crippen LogP) is 6.16. The van der Waals surface area contributed by atoms with Crippen LogP contribution in [0.15, 0.2) is 30.5 Å². The van der Waals surface area contributed by atoms with Crippen molar-refractivity contribution in [2.24, 2.45) is 0 Å². The van der Waals surface area contributed by atoms with Gasteiger partial charge < -0.3 is 4.74 Å². The van der Waals surface area contributed by atoms with Gasteiger partial charge in [0.2, 0.25) is 15.3 Å². The lowest BCUT2D eigenvalue weighted by atomic mass is 10.0. The van der Waals surface area contributed by atoms with Crippen molar-refractivity contribution >= 4 is 50.2 Å². The Labute approximate surface area is 213 Å². The Bertz CT molecular complexity index is 1310. The molecule has 35 heavy (non-hydrogen) atoms. The second kappa shape index (κ2) is 10.6. The van der Waals surface area contributed by atoms with Crippen LogP contribution in [0.5, 0.6) is 0 Å². The average molecular weight is 567 g/mol. The van der Waals surface area contributed by atoms with Gasteiger partial charge in [0.1, 0.15) is 0 Å². The first-order valence-corrected chi connectivity index (χ1v) is 13.7. The first kappa shape index (κ1) is 26.1. The first-order valence-electron chi connectivity index (χ1n) is 10.5. The number of alkyl halides is 3. The number of hydrogen-bond donors (Lipinski definition) is 1. The maximum atomic E-state index is 12.5. The van der Waals surface area contributed by atoms with Crippen LogP contribution in [0.1, 0.15) is 30.2 Å². The molecule has 0 radical (unpaired) electrons. The monoisotopic (exact) mass is 566 g/mol. The van der Waals surface area contributed by atoms with Crippen LogP contribution in [-0.4, -0.2) is 48.5 Å². The number of nitrogens with one attached hydrogen (secondary N) is 1. The molecule has 4 rings (SSSR count). The molecular formula is C21H19Cl2F3N4O3S2. The molecule has 0 spiro atoms. The molecule has 0 saturated carbocycles. The van der Waals surface area contributed by atoms with Crippen LogP contribution in [0.3, 0.4) is 0 Å². The molecule has 0 amide bonds. The average Bonchev–Trinajstić information content (AvgIpc) is 3.25. The number of hydrogen-bond acceptors (Lipinski definition) is 7. The van der Waals surface area contributed by atoms with Crippen LogP contribution in [0.25, 0.3) is 21.8 Å². The van der Waals surface area contributed by atoms with Crippen molar-refractivity contribution in [1.29, 1.82) is 0 Å². The molecule has 1 aliphatic rings. The molecule has 2 aromatic heterocycles. The van der Waals surface area contributed by atoms with Crippen LogP contribution in [0.2, 0.25) is 10.3 Å². The molecule has 0 aliphatic carbocycles. The summed E-state index contributed by atoms with van der Waals surface area (Å²) in [5.74, 6) is -0.951. The third kappa shape index (κ3) is 6.62. The Kier molecular flexibility index (Phi) is 7.86. The summed E-state index contributed by atoms with van der Waals surface area (Å²) in [5, 5.41) is 0.903. The lowest BCUT2D eigenvalue weighted by molar-refractivity contribution is -0.129. The van der Waals surface area contributed by atoms with Crippen LogP contribution in [-0.2, 0) is 14.8 Å². The van der Waals surface area contributed by atoms with Crippen LogP contribution in [0, 0.1) is 0 Å². The molecule has 3 aromatic rings. The summed E-state index contributed by atoms with van der Waals surface area (Å²) in [7, 11) is -4.29. The van der Waals surface area contributed by atoms with Gasteiger partial charge in [-0.25, -0.2) is 23.4 Å². The summed E-state index contributed by atoms with van der Waals surface area (Å²) in [5.41, 5.74) is 1.34. The Morgan fingerprint density at radius 1 is 1.14 bits per heavy atom. The molecule has 1 N–H and O–H groups in total. The van der Waals surface area contributed by atoms with Crippen LogP contribution in [0.4, 0.5) is 18.9 Å². The second-order valence-electron chi connectivity index (χ2n) is 7.78. The normalized spacial score (nSPS) is 15.3. The molecule has 1 aromatic carbocycles. The fourth-order valence-corrected chi connectivity index (χ4v) is 6.33. The molecule has 3 heterocycles. The minimum absolute atomic E-state index is 0.00770. The quantitative estimate of drug-likeness (QED) is 0.344. The zero-order valence-electron chi connectivity index (χ0n) is 18.0. The molecule has 0 bridgehead atoms. The van der Waals surface area contributed by atoms with E-state index in [1.165, 1.54) is 23.6 Å². The van der Waals surface area contributed by atoms with E-state index >= 15 is 0 Å². The Hall–Kier alpha value is -1.99. The van der Waals surface area contributed by atoms with Crippen molar-refractivity contribution in [3.63, 3.8) is 0 Å². The van der Waals surface area contributed by atoms with E-state index in [9.17, 15) is 21.6 Å². The van der Waals surface area contributed by atoms with Gasteiger partial charge in [0.25, 0.3) is 0 Å². The molecule has 188 valence electrons. The van der Waals surface area contributed by atoms with Gasteiger partial charge in [0, 0.05) is 30.9 Å². The number of halogens is 5. The summed E-state index contributed by atoms with van der Waals surface area (Å²) in [6.45, 7) is 1.23.